The molecule has 0 saturated heterocycles. The Morgan fingerprint density at radius 3 is 2.69 bits per heavy atom. The van der Waals surface area contributed by atoms with Crippen LogP contribution >= 0.6 is 11.6 Å². The molecule has 0 spiro atoms. The molecule has 2 nitrogen and oxygen atoms in total. The zero-order valence-corrected chi connectivity index (χ0v) is 10.7. The molecule has 2 atom stereocenters. The summed E-state index contributed by atoms with van der Waals surface area (Å²) in [4.78, 5) is 2.28. The molecule has 1 saturated carbocycles. The molecule has 1 aliphatic rings. The van der Waals surface area contributed by atoms with Gasteiger partial charge in [-0.25, -0.2) is 0 Å². The topological polar surface area (TPSA) is 29.3 Å². The van der Waals surface area contributed by atoms with Crippen molar-refractivity contribution in [2.75, 3.05) is 18.5 Å². The molecule has 2 N–H and O–H groups in total. The second-order valence-electron chi connectivity index (χ2n) is 4.83. The fraction of sp³-hybridized carbons (Fsp3) is 0.538. The summed E-state index contributed by atoms with van der Waals surface area (Å²) in [5.41, 5.74) is 7.78. The van der Waals surface area contributed by atoms with Gasteiger partial charge in [-0.15, -0.1) is 0 Å². The summed E-state index contributed by atoms with van der Waals surface area (Å²) < 4.78 is 0. The third-order valence-electron chi connectivity index (χ3n) is 3.48. The molecule has 1 aromatic carbocycles. The molecule has 1 aliphatic carbocycles. The maximum atomic E-state index is 6.15. The van der Waals surface area contributed by atoms with E-state index in [0.29, 0.717) is 6.54 Å². The molecule has 88 valence electrons. The van der Waals surface area contributed by atoms with Crippen molar-refractivity contribution in [2.24, 2.45) is 17.6 Å². The van der Waals surface area contributed by atoms with Gasteiger partial charge in [-0.1, -0.05) is 24.6 Å². The number of hydrogen-bond donors (Lipinski definition) is 1. The van der Waals surface area contributed by atoms with E-state index in [2.05, 4.69) is 24.9 Å². The number of halogens is 1. The van der Waals surface area contributed by atoms with Crippen molar-refractivity contribution in [3.63, 3.8) is 0 Å². The Morgan fingerprint density at radius 1 is 1.50 bits per heavy atom. The molecule has 2 unspecified atom stereocenters. The summed E-state index contributed by atoms with van der Waals surface area (Å²) in [6, 6.07) is 6.13. The quantitative estimate of drug-likeness (QED) is 0.874. The van der Waals surface area contributed by atoms with Crippen molar-refractivity contribution in [3.05, 3.63) is 28.8 Å². The highest BCUT2D eigenvalue weighted by molar-refractivity contribution is 6.31. The van der Waals surface area contributed by atoms with Gasteiger partial charge < -0.3 is 10.6 Å². The van der Waals surface area contributed by atoms with Crippen molar-refractivity contribution in [2.45, 2.75) is 19.9 Å². The second kappa shape index (κ2) is 4.64. The van der Waals surface area contributed by atoms with Gasteiger partial charge in [-0.2, -0.15) is 0 Å². The smallest absolute Gasteiger partial charge is 0.0471 e. The molecule has 1 fully saturated rings. The minimum absolute atomic E-state index is 0.502. The van der Waals surface area contributed by atoms with E-state index in [1.165, 1.54) is 12.1 Å². The van der Waals surface area contributed by atoms with Gasteiger partial charge in [0.15, 0.2) is 0 Å². The van der Waals surface area contributed by atoms with Gasteiger partial charge >= 0.3 is 0 Å². The van der Waals surface area contributed by atoms with Crippen molar-refractivity contribution in [3.8, 4) is 0 Å². The standard InChI is InChI=1S/C13H19ClN2/c1-9-5-11(9)8-16(2)12-4-3-10(7-15)13(14)6-12/h3-4,6,9,11H,5,7-8,15H2,1-2H3. The van der Waals surface area contributed by atoms with Gasteiger partial charge in [0.2, 0.25) is 0 Å². The highest BCUT2D eigenvalue weighted by Gasteiger charge is 2.33. The Morgan fingerprint density at radius 2 is 2.19 bits per heavy atom. The molecular weight excluding hydrogens is 220 g/mol. The Hall–Kier alpha value is -0.730. The van der Waals surface area contributed by atoms with Crippen LogP contribution in [0.2, 0.25) is 5.02 Å². The van der Waals surface area contributed by atoms with Crippen LogP contribution in [0.3, 0.4) is 0 Å². The first-order valence-corrected chi connectivity index (χ1v) is 6.19. The average molecular weight is 239 g/mol. The van der Waals surface area contributed by atoms with Gasteiger partial charge in [0.25, 0.3) is 0 Å². The van der Waals surface area contributed by atoms with Crippen molar-refractivity contribution in [1.29, 1.82) is 0 Å². The number of anilines is 1. The van der Waals surface area contributed by atoms with Crippen LogP contribution in [0.5, 0.6) is 0 Å². The van der Waals surface area contributed by atoms with Crippen LogP contribution in [0.15, 0.2) is 18.2 Å². The SMILES string of the molecule is CC1CC1CN(C)c1ccc(CN)c(Cl)c1. The number of hydrogen-bond acceptors (Lipinski definition) is 2. The van der Waals surface area contributed by atoms with Crippen molar-refractivity contribution in [1.82, 2.24) is 0 Å². The summed E-state index contributed by atoms with van der Waals surface area (Å²) in [5, 5.41) is 0.774. The number of benzene rings is 1. The maximum absolute atomic E-state index is 6.15. The number of rotatable bonds is 4. The van der Waals surface area contributed by atoms with E-state index >= 15 is 0 Å². The van der Waals surface area contributed by atoms with Crippen LogP contribution in [0, 0.1) is 11.8 Å². The van der Waals surface area contributed by atoms with Crippen molar-refractivity contribution >= 4 is 17.3 Å². The predicted molar refractivity (Wildman–Crippen MR) is 69.9 cm³/mol. The minimum Gasteiger partial charge on any atom is -0.374 e. The molecule has 2 rings (SSSR count). The molecule has 1 aromatic rings. The Labute approximate surface area is 102 Å². The van der Waals surface area contributed by atoms with Gasteiger partial charge in [-0.3, -0.25) is 0 Å². The van der Waals surface area contributed by atoms with E-state index in [1.807, 2.05) is 12.1 Å². The molecule has 0 bridgehead atoms. The lowest BCUT2D eigenvalue weighted by molar-refractivity contribution is 0.725. The van der Waals surface area contributed by atoms with Crippen molar-refractivity contribution < 1.29 is 0 Å². The summed E-state index contributed by atoms with van der Waals surface area (Å²) in [6.07, 6.45) is 1.36. The average Bonchev–Trinajstić information content (AvgIpc) is 2.94. The van der Waals surface area contributed by atoms with E-state index in [9.17, 15) is 0 Å². The molecule has 0 amide bonds. The normalized spacial score (nSPS) is 23.2. The van der Waals surface area contributed by atoms with Gasteiger partial charge in [0, 0.05) is 30.8 Å². The molecule has 0 heterocycles. The van der Waals surface area contributed by atoms with Crippen LogP contribution < -0.4 is 10.6 Å². The van der Waals surface area contributed by atoms with E-state index in [4.69, 9.17) is 17.3 Å². The fourth-order valence-corrected chi connectivity index (χ4v) is 2.30. The summed E-state index contributed by atoms with van der Waals surface area (Å²) in [7, 11) is 2.12. The number of nitrogens with two attached hydrogens (primary N) is 1. The van der Waals surface area contributed by atoms with Crippen LogP contribution in [0.25, 0.3) is 0 Å². The highest BCUT2D eigenvalue weighted by atomic mass is 35.5. The molecule has 0 aliphatic heterocycles. The lowest BCUT2D eigenvalue weighted by Gasteiger charge is -2.20. The predicted octanol–water partition coefficient (Wildman–Crippen LogP) is 2.89. The molecular formula is C13H19ClN2. The van der Waals surface area contributed by atoms with E-state index in [1.54, 1.807) is 0 Å². The first kappa shape index (κ1) is 11.7. The third-order valence-corrected chi connectivity index (χ3v) is 3.83. The monoisotopic (exact) mass is 238 g/mol. The van der Waals surface area contributed by atoms with Crippen LogP contribution in [-0.4, -0.2) is 13.6 Å². The Kier molecular flexibility index (Phi) is 3.41. The first-order valence-electron chi connectivity index (χ1n) is 5.81. The number of nitrogens with zero attached hydrogens (tertiary/aromatic N) is 1. The van der Waals surface area contributed by atoms with E-state index < -0.39 is 0 Å². The zero-order valence-electron chi connectivity index (χ0n) is 9.91. The van der Waals surface area contributed by atoms with Gasteiger partial charge in [0.1, 0.15) is 0 Å². The molecule has 16 heavy (non-hydrogen) atoms. The van der Waals surface area contributed by atoms with Crippen LogP contribution in [-0.2, 0) is 6.54 Å². The van der Waals surface area contributed by atoms with Gasteiger partial charge in [-0.05, 0) is 36.0 Å². The summed E-state index contributed by atoms with van der Waals surface area (Å²) in [5.74, 6) is 1.75. The Balaban J connectivity index is 2.05. The summed E-state index contributed by atoms with van der Waals surface area (Å²) in [6.45, 7) is 3.94. The van der Waals surface area contributed by atoms with Crippen LogP contribution in [0.1, 0.15) is 18.9 Å². The molecule has 0 radical (unpaired) electrons. The largest absolute Gasteiger partial charge is 0.374 e. The van der Waals surface area contributed by atoms with Crippen LogP contribution in [0.4, 0.5) is 5.69 Å². The lowest BCUT2D eigenvalue weighted by atomic mass is 10.2. The first-order chi connectivity index (χ1) is 7.61. The fourth-order valence-electron chi connectivity index (χ4n) is 2.05. The molecule has 3 heteroatoms. The second-order valence-corrected chi connectivity index (χ2v) is 5.24. The Bertz CT molecular complexity index is 378. The highest BCUT2D eigenvalue weighted by Crippen LogP contribution is 2.38. The summed E-state index contributed by atoms with van der Waals surface area (Å²) >= 11 is 6.15. The van der Waals surface area contributed by atoms with E-state index in [-0.39, 0.29) is 0 Å². The van der Waals surface area contributed by atoms with Gasteiger partial charge in [0.05, 0.1) is 0 Å². The molecule has 0 aromatic heterocycles. The minimum atomic E-state index is 0.502. The lowest BCUT2D eigenvalue weighted by Crippen LogP contribution is -2.20. The zero-order chi connectivity index (χ0) is 11.7. The maximum Gasteiger partial charge on any atom is 0.0471 e. The van der Waals surface area contributed by atoms with E-state index in [0.717, 1.165) is 29.0 Å². The third kappa shape index (κ3) is 2.50.